The molecule has 0 saturated carbocycles. The summed E-state index contributed by atoms with van der Waals surface area (Å²) in [5, 5.41) is 0. The zero-order valence-corrected chi connectivity index (χ0v) is 9.97. The molecule has 4 nitrogen and oxygen atoms in total. The van der Waals surface area contributed by atoms with Crippen molar-refractivity contribution < 1.29 is 14.3 Å². The molecule has 0 aliphatic heterocycles. The highest BCUT2D eigenvalue weighted by Crippen LogP contribution is 2.19. The quantitative estimate of drug-likeness (QED) is 0.631. The van der Waals surface area contributed by atoms with E-state index in [2.05, 4.69) is 4.74 Å². The molecule has 1 aromatic carbocycles. The van der Waals surface area contributed by atoms with E-state index in [0.29, 0.717) is 16.3 Å². The molecule has 1 aromatic rings. The summed E-state index contributed by atoms with van der Waals surface area (Å²) in [7, 11) is 1.31. The number of aryl methyl sites for hydroxylation is 1. The molecule has 0 aliphatic rings. The molecule has 0 aliphatic carbocycles. The second-order valence-corrected chi connectivity index (χ2v) is 3.65. The van der Waals surface area contributed by atoms with Crippen LogP contribution in [0.25, 0.3) is 0 Å². The largest absolute Gasteiger partial charge is 0.482 e. The first-order chi connectivity index (χ1) is 7.54. The summed E-state index contributed by atoms with van der Waals surface area (Å²) in [6.07, 6.45) is 0. The number of ether oxygens (including phenoxy) is 2. The standard InChI is InChI=1S/C11H13NO3S/c1-7-3-4-8(11(12)16)5-9(7)15-6-10(13)14-2/h3-5H,6H2,1-2H3,(H2,12,16). The number of thiocarbonyl (C=S) groups is 1. The Morgan fingerprint density at radius 3 is 2.75 bits per heavy atom. The molecule has 0 atom stereocenters. The molecule has 86 valence electrons. The van der Waals surface area contributed by atoms with E-state index < -0.39 is 5.97 Å². The van der Waals surface area contributed by atoms with Crippen LogP contribution in [-0.2, 0) is 9.53 Å². The molecule has 0 amide bonds. The highest BCUT2D eigenvalue weighted by Gasteiger charge is 2.06. The minimum atomic E-state index is -0.430. The van der Waals surface area contributed by atoms with Crippen LogP contribution < -0.4 is 10.5 Å². The highest BCUT2D eigenvalue weighted by molar-refractivity contribution is 7.80. The zero-order valence-electron chi connectivity index (χ0n) is 9.15. The maximum absolute atomic E-state index is 10.9. The van der Waals surface area contributed by atoms with Gasteiger partial charge >= 0.3 is 5.97 Å². The summed E-state index contributed by atoms with van der Waals surface area (Å²) in [4.78, 5) is 11.2. The van der Waals surface area contributed by atoms with Crippen molar-refractivity contribution in [1.82, 2.24) is 0 Å². The summed E-state index contributed by atoms with van der Waals surface area (Å²) in [5.41, 5.74) is 7.11. The molecule has 5 heteroatoms. The van der Waals surface area contributed by atoms with Crippen LogP contribution in [-0.4, -0.2) is 24.7 Å². The Morgan fingerprint density at radius 2 is 2.19 bits per heavy atom. The third-order valence-electron chi connectivity index (χ3n) is 2.05. The van der Waals surface area contributed by atoms with E-state index in [1.807, 2.05) is 19.1 Å². The second-order valence-electron chi connectivity index (χ2n) is 3.21. The lowest BCUT2D eigenvalue weighted by Gasteiger charge is -2.09. The predicted molar refractivity (Wildman–Crippen MR) is 64.6 cm³/mol. The fourth-order valence-corrected chi connectivity index (χ4v) is 1.23. The van der Waals surface area contributed by atoms with Gasteiger partial charge in [0, 0.05) is 5.56 Å². The van der Waals surface area contributed by atoms with Gasteiger partial charge < -0.3 is 15.2 Å². The highest BCUT2D eigenvalue weighted by atomic mass is 32.1. The molecule has 0 spiro atoms. The smallest absolute Gasteiger partial charge is 0.343 e. The molecule has 16 heavy (non-hydrogen) atoms. The number of nitrogens with two attached hydrogens (primary N) is 1. The van der Waals surface area contributed by atoms with E-state index in [1.165, 1.54) is 7.11 Å². The molecular formula is C11H13NO3S. The van der Waals surface area contributed by atoms with Crippen molar-refractivity contribution in [3.05, 3.63) is 29.3 Å². The first-order valence-corrected chi connectivity index (χ1v) is 5.05. The summed E-state index contributed by atoms with van der Waals surface area (Å²) in [5.74, 6) is 0.149. The van der Waals surface area contributed by atoms with Crippen LogP contribution >= 0.6 is 12.2 Å². The Labute approximate surface area is 99.3 Å². The molecule has 0 heterocycles. The number of methoxy groups -OCH3 is 1. The minimum absolute atomic E-state index is 0.127. The Bertz CT molecular complexity index is 418. The molecule has 0 fully saturated rings. The molecule has 0 bridgehead atoms. The Kier molecular flexibility index (Phi) is 4.25. The van der Waals surface area contributed by atoms with Crippen molar-refractivity contribution in [1.29, 1.82) is 0 Å². The number of carbonyl (C=O) groups excluding carboxylic acids is 1. The molecule has 1 rings (SSSR count). The average Bonchev–Trinajstić information content (AvgIpc) is 2.27. The lowest BCUT2D eigenvalue weighted by molar-refractivity contribution is -0.142. The monoisotopic (exact) mass is 239 g/mol. The van der Waals surface area contributed by atoms with Gasteiger partial charge in [0.05, 0.1) is 7.11 Å². The van der Waals surface area contributed by atoms with Crippen molar-refractivity contribution in [2.24, 2.45) is 5.73 Å². The fraction of sp³-hybridized carbons (Fsp3) is 0.273. The summed E-state index contributed by atoms with van der Waals surface area (Å²) in [6, 6.07) is 5.35. The van der Waals surface area contributed by atoms with Gasteiger partial charge in [-0.1, -0.05) is 24.4 Å². The van der Waals surface area contributed by atoms with E-state index in [1.54, 1.807) is 6.07 Å². The van der Waals surface area contributed by atoms with Crippen LogP contribution in [0.2, 0.25) is 0 Å². The first-order valence-electron chi connectivity index (χ1n) is 4.64. The lowest BCUT2D eigenvalue weighted by atomic mass is 10.1. The number of esters is 1. The van der Waals surface area contributed by atoms with Crippen molar-refractivity contribution in [3.63, 3.8) is 0 Å². The van der Waals surface area contributed by atoms with Gasteiger partial charge in [0.15, 0.2) is 6.61 Å². The van der Waals surface area contributed by atoms with Crippen molar-refractivity contribution in [3.8, 4) is 5.75 Å². The molecule has 2 N–H and O–H groups in total. The molecule has 0 radical (unpaired) electrons. The Balaban J connectivity index is 2.82. The lowest BCUT2D eigenvalue weighted by Crippen LogP contribution is -2.14. The van der Waals surface area contributed by atoms with Crippen LogP contribution in [0, 0.1) is 6.92 Å². The maximum Gasteiger partial charge on any atom is 0.343 e. The maximum atomic E-state index is 10.9. The Hall–Kier alpha value is -1.62. The molecule has 0 aromatic heterocycles. The second kappa shape index (κ2) is 5.46. The van der Waals surface area contributed by atoms with Crippen LogP contribution in [0.3, 0.4) is 0 Å². The van der Waals surface area contributed by atoms with Gasteiger partial charge in [0.2, 0.25) is 0 Å². The zero-order chi connectivity index (χ0) is 12.1. The van der Waals surface area contributed by atoms with Gasteiger partial charge in [-0.05, 0) is 18.6 Å². The Morgan fingerprint density at radius 1 is 1.50 bits per heavy atom. The van der Waals surface area contributed by atoms with Gasteiger partial charge in [-0.15, -0.1) is 0 Å². The molecule has 0 saturated heterocycles. The predicted octanol–water partition coefficient (Wildman–Crippen LogP) is 1.18. The van der Waals surface area contributed by atoms with Gasteiger partial charge in [0.1, 0.15) is 10.7 Å². The third-order valence-corrected chi connectivity index (χ3v) is 2.28. The van der Waals surface area contributed by atoms with Crippen LogP contribution in [0.5, 0.6) is 5.75 Å². The van der Waals surface area contributed by atoms with E-state index >= 15 is 0 Å². The number of hydrogen-bond donors (Lipinski definition) is 1. The van der Waals surface area contributed by atoms with Crippen molar-refractivity contribution in [2.75, 3.05) is 13.7 Å². The first kappa shape index (κ1) is 12.4. The number of rotatable bonds is 4. The normalized spacial score (nSPS) is 9.62. The van der Waals surface area contributed by atoms with Gasteiger partial charge in [-0.3, -0.25) is 0 Å². The SMILES string of the molecule is COC(=O)COc1cc(C(N)=S)ccc1C. The number of benzene rings is 1. The van der Waals surface area contributed by atoms with E-state index in [0.717, 1.165) is 5.56 Å². The van der Waals surface area contributed by atoms with Crippen LogP contribution in [0.15, 0.2) is 18.2 Å². The van der Waals surface area contributed by atoms with Crippen molar-refractivity contribution >= 4 is 23.2 Å². The summed E-state index contributed by atoms with van der Waals surface area (Å²) < 4.78 is 9.77. The van der Waals surface area contributed by atoms with Crippen molar-refractivity contribution in [2.45, 2.75) is 6.92 Å². The van der Waals surface area contributed by atoms with E-state index in [4.69, 9.17) is 22.7 Å². The van der Waals surface area contributed by atoms with E-state index in [9.17, 15) is 4.79 Å². The number of hydrogen-bond acceptors (Lipinski definition) is 4. The fourth-order valence-electron chi connectivity index (χ4n) is 1.10. The van der Waals surface area contributed by atoms with Gasteiger partial charge in [-0.25, -0.2) is 4.79 Å². The molecular weight excluding hydrogens is 226 g/mol. The average molecular weight is 239 g/mol. The minimum Gasteiger partial charge on any atom is -0.482 e. The molecule has 0 unspecified atom stereocenters. The summed E-state index contributed by atoms with van der Waals surface area (Å²) >= 11 is 4.85. The summed E-state index contributed by atoms with van der Waals surface area (Å²) in [6.45, 7) is 1.74. The topological polar surface area (TPSA) is 61.5 Å². The van der Waals surface area contributed by atoms with Crippen LogP contribution in [0.1, 0.15) is 11.1 Å². The van der Waals surface area contributed by atoms with Gasteiger partial charge in [0.25, 0.3) is 0 Å². The van der Waals surface area contributed by atoms with Gasteiger partial charge in [-0.2, -0.15) is 0 Å². The number of carbonyl (C=O) groups is 1. The third kappa shape index (κ3) is 3.20. The van der Waals surface area contributed by atoms with E-state index in [-0.39, 0.29) is 6.61 Å². The van der Waals surface area contributed by atoms with Crippen LogP contribution in [0.4, 0.5) is 0 Å².